The van der Waals surface area contributed by atoms with E-state index >= 15 is 0 Å². The Morgan fingerprint density at radius 3 is 2.78 bits per heavy atom. The molecule has 0 unspecified atom stereocenters. The Bertz CT molecular complexity index is 493. The Morgan fingerprint density at radius 2 is 2.17 bits per heavy atom. The molecule has 6 heteroatoms. The number of ether oxygens (including phenoxy) is 1. The summed E-state index contributed by atoms with van der Waals surface area (Å²) >= 11 is 0. The summed E-state index contributed by atoms with van der Waals surface area (Å²) in [5, 5.41) is 8.82. The molecule has 1 aromatic heterocycles. The smallest absolute Gasteiger partial charge is 0.231 e. The molecule has 6 nitrogen and oxygen atoms in total. The maximum absolute atomic E-state index is 11.7. The third kappa shape index (κ3) is 3.31. The highest BCUT2D eigenvalue weighted by molar-refractivity contribution is 5.90. The Balaban J connectivity index is 1.90. The molecule has 18 heavy (non-hydrogen) atoms. The average Bonchev–Trinajstić information content (AvgIpc) is 2.84. The van der Waals surface area contributed by atoms with Crippen molar-refractivity contribution < 1.29 is 9.53 Å². The van der Waals surface area contributed by atoms with E-state index in [0.717, 1.165) is 11.3 Å². The standard InChI is InChI=1S/C12H14N4O2/c1-2-18-10-5-3-9(4-6-10)7-11(17)15-12-13-8-14-16-12/h3-6,8H,2,7H2,1H3,(H2,13,14,15,16,17). The second kappa shape index (κ2) is 5.81. The molecule has 2 rings (SSSR count). The number of amides is 1. The third-order valence-electron chi connectivity index (χ3n) is 2.27. The van der Waals surface area contributed by atoms with Gasteiger partial charge in [-0.15, -0.1) is 0 Å². The van der Waals surface area contributed by atoms with Gasteiger partial charge in [0.05, 0.1) is 13.0 Å². The van der Waals surface area contributed by atoms with E-state index in [9.17, 15) is 4.79 Å². The molecule has 0 fully saturated rings. The monoisotopic (exact) mass is 246 g/mol. The molecule has 0 aliphatic heterocycles. The molecule has 0 aliphatic carbocycles. The van der Waals surface area contributed by atoms with Crippen LogP contribution in [-0.2, 0) is 11.2 Å². The topological polar surface area (TPSA) is 79.9 Å². The molecule has 0 saturated heterocycles. The fourth-order valence-electron chi connectivity index (χ4n) is 1.50. The van der Waals surface area contributed by atoms with Gasteiger partial charge in [-0.3, -0.25) is 10.1 Å². The van der Waals surface area contributed by atoms with Crippen LogP contribution in [0.25, 0.3) is 0 Å². The molecule has 1 heterocycles. The van der Waals surface area contributed by atoms with E-state index in [-0.39, 0.29) is 12.3 Å². The quantitative estimate of drug-likeness (QED) is 0.835. The van der Waals surface area contributed by atoms with Gasteiger partial charge in [-0.2, -0.15) is 10.1 Å². The van der Waals surface area contributed by atoms with E-state index in [1.165, 1.54) is 6.33 Å². The van der Waals surface area contributed by atoms with E-state index in [0.29, 0.717) is 12.6 Å². The summed E-state index contributed by atoms with van der Waals surface area (Å²) in [6.45, 7) is 2.56. The minimum absolute atomic E-state index is 0.143. The van der Waals surface area contributed by atoms with Crippen molar-refractivity contribution in [1.82, 2.24) is 15.2 Å². The molecule has 0 saturated carbocycles. The van der Waals surface area contributed by atoms with E-state index in [1.54, 1.807) is 0 Å². The van der Waals surface area contributed by atoms with Gasteiger partial charge >= 0.3 is 0 Å². The number of nitrogens with zero attached hydrogens (tertiary/aromatic N) is 2. The number of anilines is 1. The molecule has 2 N–H and O–H groups in total. The van der Waals surface area contributed by atoms with Gasteiger partial charge in [0.2, 0.25) is 11.9 Å². The zero-order valence-corrected chi connectivity index (χ0v) is 10.0. The predicted octanol–water partition coefficient (Wildman–Crippen LogP) is 1.38. The van der Waals surface area contributed by atoms with Crippen molar-refractivity contribution in [2.24, 2.45) is 0 Å². The number of H-pyrrole nitrogens is 1. The first-order valence-electron chi connectivity index (χ1n) is 5.65. The molecule has 94 valence electrons. The normalized spacial score (nSPS) is 10.1. The molecule has 0 spiro atoms. The van der Waals surface area contributed by atoms with E-state index in [4.69, 9.17) is 4.74 Å². The second-order valence-electron chi connectivity index (χ2n) is 3.64. The first-order chi connectivity index (χ1) is 8.78. The first-order valence-corrected chi connectivity index (χ1v) is 5.65. The third-order valence-corrected chi connectivity index (χ3v) is 2.27. The van der Waals surface area contributed by atoms with Crippen LogP contribution in [0.15, 0.2) is 30.6 Å². The Labute approximate surface area is 104 Å². The molecule has 2 aromatic rings. The number of aromatic amines is 1. The van der Waals surface area contributed by atoms with Crippen molar-refractivity contribution in [3.05, 3.63) is 36.2 Å². The molecule has 0 bridgehead atoms. The highest BCUT2D eigenvalue weighted by Crippen LogP contribution is 2.12. The molecule has 0 aliphatic rings. The fraction of sp³-hybridized carbons (Fsp3) is 0.250. The lowest BCUT2D eigenvalue weighted by Gasteiger charge is -2.05. The molecular formula is C12H14N4O2. The summed E-state index contributed by atoms with van der Waals surface area (Å²) in [6.07, 6.45) is 1.62. The van der Waals surface area contributed by atoms with Crippen molar-refractivity contribution >= 4 is 11.9 Å². The Hall–Kier alpha value is -2.37. The lowest BCUT2D eigenvalue weighted by molar-refractivity contribution is -0.115. The Morgan fingerprint density at radius 1 is 1.39 bits per heavy atom. The second-order valence-corrected chi connectivity index (χ2v) is 3.64. The van der Waals surface area contributed by atoms with Crippen molar-refractivity contribution in [1.29, 1.82) is 0 Å². The van der Waals surface area contributed by atoms with Gasteiger partial charge in [0, 0.05) is 0 Å². The van der Waals surface area contributed by atoms with Crippen molar-refractivity contribution in [3.8, 4) is 5.75 Å². The van der Waals surface area contributed by atoms with Crippen molar-refractivity contribution in [3.63, 3.8) is 0 Å². The van der Waals surface area contributed by atoms with Gasteiger partial charge in [-0.1, -0.05) is 12.1 Å². The van der Waals surface area contributed by atoms with Gasteiger partial charge in [-0.05, 0) is 24.6 Å². The molecule has 0 radical (unpaired) electrons. The lowest BCUT2D eigenvalue weighted by atomic mass is 10.1. The maximum atomic E-state index is 11.7. The van der Waals surface area contributed by atoms with Gasteiger partial charge in [0.1, 0.15) is 12.1 Å². The maximum Gasteiger partial charge on any atom is 0.231 e. The molecular weight excluding hydrogens is 232 g/mol. The minimum atomic E-state index is -0.143. The number of nitrogens with one attached hydrogen (secondary N) is 2. The summed E-state index contributed by atoms with van der Waals surface area (Å²) in [6, 6.07) is 7.43. The zero-order chi connectivity index (χ0) is 12.8. The van der Waals surface area contributed by atoms with Crippen LogP contribution in [0, 0.1) is 0 Å². The van der Waals surface area contributed by atoms with Crippen molar-refractivity contribution in [2.75, 3.05) is 11.9 Å². The van der Waals surface area contributed by atoms with Crippen LogP contribution in [-0.4, -0.2) is 27.7 Å². The summed E-state index contributed by atoms with van der Waals surface area (Å²) in [5.74, 6) is 1.01. The minimum Gasteiger partial charge on any atom is -0.494 e. The van der Waals surface area contributed by atoms with Gasteiger partial charge in [-0.25, -0.2) is 5.10 Å². The highest BCUT2D eigenvalue weighted by atomic mass is 16.5. The summed E-state index contributed by atoms with van der Waals surface area (Å²) in [5.41, 5.74) is 0.912. The summed E-state index contributed by atoms with van der Waals surface area (Å²) in [7, 11) is 0. The van der Waals surface area contributed by atoms with Crippen molar-refractivity contribution in [2.45, 2.75) is 13.3 Å². The number of rotatable bonds is 5. The van der Waals surface area contributed by atoms with Crippen LogP contribution in [0.2, 0.25) is 0 Å². The van der Waals surface area contributed by atoms with Crippen LogP contribution in [0.3, 0.4) is 0 Å². The van der Waals surface area contributed by atoms with E-state index < -0.39 is 0 Å². The zero-order valence-electron chi connectivity index (χ0n) is 10.0. The molecule has 0 atom stereocenters. The number of hydrogen-bond acceptors (Lipinski definition) is 4. The number of aromatic nitrogens is 3. The van der Waals surface area contributed by atoms with Crippen LogP contribution in [0.1, 0.15) is 12.5 Å². The largest absolute Gasteiger partial charge is 0.494 e. The summed E-state index contributed by atoms with van der Waals surface area (Å²) in [4.78, 5) is 15.5. The van der Waals surface area contributed by atoms with E-state index in [1.807, 2.05) is 31.2 Å². The van der Waals surface area contributed by atoms with Crippen LogP contribution in [0.4, 0.5) is 5.95 Å². The number of hydrogen-bond donors (Lipinski definition) is 2. The Kier molecular flexibility index (Phi) is 3.90. The SMILES string of the molecule is CCOc1ccc(CC(=O)Nc2ncn[nH]2)cc1. The predicted molar refractivity (Wildman–Crippen MR) is 66.3 cm³/mol. The van der Waals surface area contributed by atoms with E-state index in [2.05, 4.69) is 20.5 Å². The summed E-state index contributed by atoms with van der Waals surface area (Å²) < 4.78 is 5.33. The number of carbonyl (C=O) groups is 1. The van der Waals surface area contributed by atoms with Gasteiger partial charge in [0.25, 0.3) is 0 Å². The van der Waals surface area contributed by atoms with Crippen LogP contribution < -0.4 is 10.1 Å². The first kappa shape index (κ1) is 12.1. The average molecular weight is 246 g/mol. The fourth-order valence-corrected chi connectivity index (χ4v) is 1.50. The number of benzene rings is 1. The molecule has 1 aromatic carbocycles. The highest BCUT2D eigenvalue weighted by Gasteiger charge is 2.05. The number of carbonyl (C=O) groups excluding carboxylic acids is 1. The lowest BCUT2D eigenvalue weighted by Crippen LogP contribution is -2.15. The van der Waals surface area contributed by atoms with Gasteiger partial charge < -0.3 is 4.74 Å². The molecule has 1 amide bonds. The van der Waals surface area contributed by atoms with Gasteiger partial charge in [0.15, 0.2) is 0 Å². The van der Waals surface area contributed by atoms with Crippen LogP contribution in [0.5, 0.6) is 5.75 Å². The van der Waals surface area contributed by atoms with Crippen LogP contribution >= 0.6 is 0 Å².